The van der Waals surface area contributed by atoms with E-state index in [1.165, 1.54) is 50.5 Å². The fourth-order valence-corrected chi connectivity index (χ4v) is 2.83. The molecule has 118 valence electrons. The molecule has 0 amide bonds. The van der Waals surface area contributed by atoms with Gasteiger partial charge in [-0.25, -0.2) is 0 Å². The minimum absolute atomic E-state index is 0.410. The van der Waals surface area contributed by atoms with Crippen molar-refractivity contribution in [1.29, 1.82) is 0 Å². The number of aryl methyl sites for hydroxylation is 1. The highest BCUT2D eigenvalue weighted by molar-refractivity contribution is 5.84. The van der Waals surface area contributed by atoms with Gasteiger partial charge in [-0.2, -0.15) is 0 Å². The Morgan fingerprint density at radius 2 is 1.77 bits per heavy atom. The molecule has 2 rings (SSSR count). The molecule has 2 nitrogen and oxygen atoms in total. The molecule has 0 unspecified atom stereocenters. The van der Waals surface area contributed by atoms with Gasteiger partial charge in [0.2, 0.25) is 0 Å². The van der Waals surface area contributed by atoms with E-state index in [1.54, 1.807) is 6.26 Å². The molecule has 0 aliphatic carbocycles. The van der Waals surface area contributed by atoms with Crippen LogP contribution in [0, 0.1) is 0 Å². The number of carbonyl (C=O) groups excluding carboxylic acids is 1. The monoisotopic (exact) mass is 298 g/mol. The Morgan fingerprint density at radius 1 is 1.00 bits per heavy atom. The van der Waals surface area contributed by atoms with E-state index in [1.807, 2.05) is 12.1 Å². The first-order valence-electron chi connectivity index (χ1n) is 8.47. The van der Waals surface area contributed by atoms with Crippen LogP contribution in [0.25, 0.3) is 11.1 Å². The molecule has 22 heavy (non-hydrogen) atoms. The molecule has 0 fully saturated rings. The first kappa shape index (κ1) is 16.5. The molecule has 2 aromatic rings. The van der Waals surface area contributed by atoms with Crippen LogP contribution < -0.4 is 0 Å². The zero-order chi connectivity index (χ0) is 15.6. The van der Waals surface area contributed by atoms with Crippen molar-refractivity contribution in [3.63, 3.8) is 0 Å². The minimum atomic E-state index is 0.410. The molecule has 0 aliphatic heterocycles. The lowest BCUT2D eigenvalue weighted by Crippen LogP contribution is -1.88. The largest absolute Gasteiger partial charge is 0.461 e. The Morgan fingerprint density at radius 3 is 2.55 bits per heavy atom. The standard InChI is InChI=1S/C20H26O2/c1-2-3-4-5-6-7-8-10-17-11-9-12-18(15-17)19-13-14-22-20(19)16-21/h9,11-16H,2-8,10H2,1H3. The third-order valence-corrected chi connectivity index (χ3v) is 4.11. The molecule has 1 aromatic carbocycles. The van der Waals surface area contributed by atoms with Gasteiger partial charge in [0.05, 0.1) is 6.26 Å². The second-order valence-electron chi connectivity index (χ2n) is 5.89. The number of rotatable bonds is 10. The molecule has 0 saturated heterocycles. The second kappa shape index (κ2) is 9.24. The average Bonchev–Trinajstić information content (AvgIpc) is 3.03. The van der Waals surface area contributed by atoms with Crippen LogP contribution >= 0.6 is 0 Å². The van der Waals surface area contributed by atoms with Crippen molar-refractivity contribution in [2.75, 3.05) is 0 Å². The first-order chi connectivity index (χ1) is 10.8. The van der Waals surface area contributed by atoms with Gasteiger partial charge in [-0.3, -0.25) is 4.79 Å². The highest BCUT2D eigenvalue weighted by Gasteiger charge is 2.08. The summed E-state index contributed by atoms with van der Waals surface area (Å²) in [5.74, 6) is 0.410. The lowest BCUT2D eigenvalue weighted by atomic mass is 10.00. The topological polar surface area (TPSA) is 30.2 Å². The smallest absolute Gasteiger partial charge is 0.185 e. The van der Waals surface area contributed by atoms with Crippen LogP contribution in [0.5, 0.6) is 0 Å². The molecule has 0 bridgehead atoms. The summed E-state index contributed by atoms with van der Waals surface area (Å²) in [6.45, 7) is 2.25. The van der Waals surface area contributed by atoms with Crippen LogP contribution in [0.3, 0.4) is 0 Å². The van der Waals surface area contributed by atoms with Gasteiger partial charge in [0.25, 0.3) is 0 Å². The van der Waals surface area contributed by atoms with Crippen molar-refractivity contribution in [3.8, 4) is 11.1 Å². The maximum atomic E-state index is 11.0. The number of carbonyl (C=O) groups is 1. The maximum Gasteiger partial charge on any atom is 0.185 e. The summed E-state index contributed by atoms with van der Waals surface area (Å²) in [7, 11) is 0. The van der Waals surface area contributed by atoms with Crippen molar-refractivity contribution < 1.29 is 9.21 Å². The molecule has 0 aliphatic rings. The van der Waals surface area contributed by atoms with Crippen molar-refractivity contribution in [2.24, 2.45) is 0 Å². The van der Waals surface area contributed by atoms with E-state index >= 15 is 0 Å². The summed E-state index contributed by atoms with van der Waals surface area (Å²) >= 11 is 0. The molecule has 1 aromatic heterocycles. The van der Waals surface area contributed by atoms with Gasteiger partial charge < -0.3 is 4.42 Å². The number of unbranched alkanes of at least 4 members (excludes halogenated alkanes) is 6. The number of benzene rings is 1. The number of hydrogen-bond donors (Lipinski definition) is 0. The van der Waals surface area contributed by atoms with E-state index in [2.05, 4.69) is 25.1 Å². The Bertz CT molecular complexity index is 569. The SMILES string of the molecule is CCCCCCCCCc1cccc(-c2ccoc2C=O)c1. The zero-order valence-corrected chi connectivity index (χ0v) is 13.5. The zero-order valence-electron chi connectivity index (χ0n) is 13.5. The quantitative estimate of drug-likeness (QED) is 0.394. The third-order valence-electron chi connectivity index (χ3n) is 4.11. The molecule has 0 radical (unpaired) electrons. The highest BCUT2D eigenvalue weighted by Crippen LogP contribution is 2.25. The molecule has 0 spiro atoms. The van der Waals surface area contributed by atoms with Crippen molar-refractivity contribution in [1.82, 2.24) is 0 Å². The fraction of sp³-hybridized carbons (Fsp3) is 0.450. The van der Waals surface area contributed by atoms with Crippen molar-refractivity contribution in [2.45, 2.75) is 58.3 Å². The van der Waals surface area contributed by atoms with Gasteiger partial charge in [-0.1, -0.05) is 69.7 Å². The Kier molecular flexibility index (Phi) is 6.95. The van der Waals surface area contributed by atoms with Gasteiger partial charge in [-0.05, 0) is 30.0 Å². The molecule has 2 heteroatoms. The van der Waals surface area contributed by atoms with Crippen LogP contribution in [-0.4, -0.2) is 6.29 Å². The Balaban J connectivity index is 1.83. The van der Waals surface area contributed by atoms with E-state index in [0.29, 0.717) is 5.76 Å². The normalized spacial score (nSPS) is 10.8. The van der Waals surface area contributed by atoms with E-state index in [-0.39, 0.29) is 0 Å². The van der Waals surface area contributed by atoms with Crippen LogP contribution in [0.4, 0.5) is 0 Å². The molecule has 0 saturated carbocycles. The van der Waals surface area contributed by atoms with Gasteiger partial charge in [0, 0.05) is 5.56 Å². The van der Waals surface area contributed by atoms with Crippen LogP contribution in [0.1, 0.15) is 68.0 Å². The fourth-order valence-electron chi connectivity index (χ4n) is 2.83. The summed E-state index contributed by atoms with van der Waals surface area (Å²) in [5, 5.41) is 0. The summed E-state index contributed by atoms with van der Waals surface area (Å²) in [5.41, 5.74) is 3.29. The second-order valence-corrected chi connectivity index (χ2v) is 5.89. The predicted octanol–water partition coefficient (Wildman–Crippen LogP) is 6.05. The third kappa shape index (κ3) is 4.87. The molecule has 0 N–H and O–H groups in total. The van der Waals surface area contributed by atoms with E-state index in [0.717, 1.165) is 23.8 Å². The molecular weight excluding hydrogens is 272 g/mol. The average molecular weight is 298 g/mol. The van der Waals surface area contributed by atoms with Crippen LogP contribution in [0.15, 0.2) is 41.0 Å². The van der Waals surface area contributed by atoms with E-state index in [4.69, 9.17) is 4.42 Å². The van der Waals surface area contributed by atoms with Gasteiger partial charge in [0.1, 0.15) is 0 Å². The lowest BCUT2D eigenvalue weighted by molar-refractivity contribution is 0.110. The maximum absolute atomic E-state index is 11.0. The number of hydrogen-bond acceptors (Lipinski definition) is 2. The van der Waals surface area contributed by atoms with Gasteiger partial charge >= 0.3 is 0 Å². The summed E-state index contributed by atoms with van der Waals surface area (Å²) in [6.07, 6.45) is 12.8. The van der Waals surface area contributed by atoms with Crippen LogP contribution in [-0.2, 0) is 6.42 Å². The summed E-state index contributed by atoms with van der Waals surface area (Å²) in [6, 6.07) is 10.3. The lowest BCUT2D eigenvalue weighted by Gasteiger charge is -2.05. The Labute approximate surface area is 133 Å². The van der Waals surface area contributed by atoms with E-state index < -0.39 is 0 Å². The summed E-state index contributed by atoms with van der Waals surface area (Å²) in [4.78, 5) is 11.0. The minimum Gasteiger partial charge on any atom is -0.461 e. The van der Waals surface area contributed by atoms with Gasteiger partial charge in [-0.15, -0.1) is 0 Å². The summed E-state index contributed by atoms with van der Waals surface area (Å²) < 4.78 is 5.19. The van der Waals surface area contributed by atoms with Gasteiger partial charge in [0.15, 0.2) is 12.0 Å². The number of aldehydes is 1. The van der Waals surface area contributed by atoms with E-state index in [9.17, 15) is 4.79 Å². The molecule has 0 atom stereocenters. The number of furan rings is 1. The Hall–Kier alpha value is -1.83. The first-order valence-corrected chi connectivity index (χ1v) is 8.47. The molecular formula is C20H26O2. The predicted molar refractivity (Wildman–Crippen MR) is 91.2 cm³/mol. The molecule has 1 heterocycles. The van der Waals surface area contributed by atoms with Crippen molar-refractivity contribution >= 4 is 6.29 Å². The highest BCUT2D eigenvalue weighted by atomic mass is 16.3. The van der Waals surface area contributed by atoms with Crippen LogP contribution in [0.2, 0.25) is 0 Å². The van der Waals surface area contributed by atoms with Crippen molar-refractivity contribution in [3.05, 3.63) is 47.9 Å².